The zero-order valence-electron chi connectivity index (χ0n) is 13.3. The number of aromatic hydroxyl groups is 1. The van der Waals surface area contributed by atoms with E-state index >= 15 is 0 Å². The van der Waals surface area contributed by atoms with E-state index in [1.54, 1.807) is 24.3 Å². The number of hydrogen-bond donors (Lipinski definition) is 2. The van der Waals surface area contributed by atoms with E-state index < -0.39 is 0 Å². The molecule has 2 rings (SSSR count). The largest absolute Gasteiger partial charge is 0.504 e. The quantitative estimate of drug-likeness (QED) is 0.306. The maximum Gasteiger partial charge on any atom is 0.277 e. The van der Waals surface area contributed by atoms with Crippen LogP contribution in [-0.4, -0.2) is 30.4 Å². The van der Waals surface area contributed by atoms with Gasteiger partial charge in [-0.05, 0) is 94.1 Å². The Morgan fingerprint density at radius 3 is 2.64 bits per heavy atom. The van der Waals surface area contributed by atoms with Gasteiger partial charge in [-0.1, -0.05) is 0 Å². The van der Waals surface area contributed by atoms with Gasteiger partial charge in [-0.2, -0.15) is 5.10 Å². The highest BCUT2D eigenvalue weighted by Gasteiger charge is 2.08. The van der Waals surface area contributed by atoms with Crippen LogP contribution in [-0.2, 0) is 4.79 Å². The molecule has 25 heavy (non-hydrogen) atoms. The highest BCUT2D eigenvalue weighted by molar-refractivity contribution is 14.1. The predicted octanol–water partition coefficient (Wildman–Crippen LogP) is 3.53. The predicted molar refractivity (Wildman–Crippen MR) is 112 cm³/mol. The van der Waals surface area contributed by atoms with Crippen molar-refractivity contribution in [1.29, 1.82) is 0 Å². The molecule has 0 atom stereocenters. The summed E-state index contributed by atoms with van der Waals surface area (Å²) in [6.07, 6.45) is 1.48. The summed E-state index contributed by atoms with van der Waals surface area (Å²) in [4.78, 5) is 11.7. The van der Waals surface area contributed by atoms with Gasteiger partial charge in [-0.3, -0.25) is 4.79 Å². The minimum atomic E-state index is -0.367. The van der Waals surface area contributed by atoms with E-state index in [0.29, 0.717) is 27.2 Å². The summed E-state index contributed by atoms with van der Waals surface area (Å²) >= 11 is 4.20. The van der Waals surface area contributed by atoms with E-state index in [4.69, 9.17) is 9.47 Å². The smallest absolute Gasteiger partial charge is 0.277 e. The number of rotatable bonds is 7. The van der Waals surface area contributed by atoms with E-state index in [9.17, 15) is 9.90 Å². The van der Waals surface area contributed by atoms with Crippen molar-refractivity contribution in [1.82, 2.24) is 5.43 Å². The van der Waals surface area contributed by atoms with Crippen LogP contribution in [0.15, 0.2) is 41.5 Å². The normalized spacial score (nSPS) is 10.7. The SMILES string of the molecule is CCOc1cc(/C=N/NC(=O)COc2ccc(I)cc2)cc(I)c1O. The zero-order chi connectivity index (χ0) is 18.2. The molecule has 1 amide bonds. The van der Waals surface area contributed by atoms with E-state index in [1.807, 2.05) is 41.6 Å². The fraction of sp³-hybridized carbons (Fsp3) is 0.176. The lowest BCUT2D eigenvalue weighted by atomic mass is 10.2. The Morgan fingerprint density at radius 1 is 1.24 bits per heavy atom. The lowest BCUT2D eigenvalue weighted by Crippen LogP contribution is -2.24. The fourth-order valence-electron chi connectivity index (χ4n) is 1.82. The number of benzene rings is 2. The summed E-state index contributed by atoms with van der Waals surface area (Å²) in [6.45, 7) is 2.15. The first-order valence-corrected chi connectivity index (χ1v) is 9.51. The molecule has 0 radical (unpaired) electrons. The number of nitrogens with zero attached hydrogens (tertiary/aromatic N) is 1. The molecule has 0 saturated carbocycles. The average Bonchev–Trinajstić information content (AvgIpc) is 2.59. The molecule has 2 N–H and O–H groups in total. The Kier molecular flexibility index (Phi) is 7.75. The van der Waals surface area contributed by atoms with Crippen molar-refractivity contribution in [2.75, 3.05) is 13.2 Å². The molecule has 0 aliphatic carbocycles. The first-order valence-electron chi connectivity index (χ1n) is 7.35. The topological polar surface area (TPSA) is 80.2 Å². The molecule has 0 fully saturated rings. The highest BCUT2D eigenvalue weighted by atomic mass is 127. The lowest BCUT2D eigenvalue weighted by Gasteiger charge is -2.08. The second-order valence-corrected chi connectivity index (χ2v) is 7.23. The van der Waals surface area contributed by atoms with Crippen LogP contribution in [0.1, 0.15) is 12.5 Å². The molecule has 0 heterocycles. The van der Waals surface area contributed by atoms with E-state index in [0.717, 1.165) is 3.57 Å². The summed E-state index contributed by atoms with van der Waals surface area (Å²) in [7, 11) is 0. The number of hydrazone groups is 1. The third kappa shape index (κ3) is 6.34. The Bertz CT molecular complexity index is 764. The number of carbonyl (C=O) groups is 1. The van der Waals surface area contributed by atoms with Crippen molar-refractivity contribution in [3.63, 3.8) is 0 Å². The molecule has 2 aromatic carbocycles. The van der Waals surface area contributed by atoms with E-state index in [2.05, 4.69) is 33.1 Å². The van der Waals surface area contributed by atoms with Gasteiger partial charge >= 0.3 is 0 Å². The van der Waals surface area contributed by atoms with Crippen molar-refractivity contribution < 1.29 is 19.4 Å². The molecule has 0 aliphatic heterocycles. The maximum absolute atomic E-state index is 11.7. The van der Waals surface area contributed by atoms with E-state index in [1.165, 1.54) is 6.21 Å². The molecule has 0 spiro atoms. The first kappa shape index (κ1) is 19.8. The van der Waals surface area contributed by atoms with Gasteiger partial charge in [0.05, 0.1) is 16.4 Å². The second kappa shape index (κ2) is 9.80. The van der Waals surface area contributed by atoms with Gasteiger partial charge in [0.1, 0.15) is 5.75 Å². The van der Waals surface area contributed by atoms with Crippen molar-refractivity contribution in [2.24, 2.45) is 5.10 Å². The molecule has 0 aromatic heterocycles. The Balaban J connectivity index is 1.89. The molecule has 8 heteroatoms. The fourth-order valence-corrected chi connectivity index (χ4v) is 2.81. The molecule has 0 aliphatic rings. The molecular weight excluding hydrogens is 550 g/mol. The van der Waals surface area contributed by atoms with Crippen LogP contribution in [0.25, 0.3) is 0 Å². The number of nitrogens with one attached hydrogen (secondary N) is 1. The molecule has 0 bridgehead atoms. The van der Waals surface area contributed by atoms with Crippen LogP contribution in [0.4, 0.5) is 0 Å². The monoisotopic (exact) mass is 566 g/mol. The van der Waals surface area contributed by atoms with Gasteiger partial charge < -0.3 is 14.6 Å². The molecular formula is C17H16I2N2O4. The zero-order valence-corrected chi connectivity index (χ0v) is 17.6. The second-order valence-electron chi connectivity index (χ2n) is 4.82. The molecule has 6 nitrogen and oxygen atoms in total. The van der Waals surface area contributed by atoms with Gasteiger partial charge in [0, 0.05) is 3.57 Å². The number of carbonyl (C=O) groups excluding carboxylic acids is 1. The van der Waals surface area contributed by atoms with Crippen LogP contribution in [0.5, 0.6) is 17.2 Å². The van der Waals surface area contributed by atoms with Gasteiger partial charge in [-0.15, -0.1) is 0 Å². The van der Waals surface area contributed by atoms with Crippen molar-refractivity contribution in [2.45, 2.75) is 6.92 Å². The molecule has 0 saturated heterocycles. The summed E-state index contributed by atoms with van der Waals surface area (Å²) in [6, 6.07) is 10.8. The van der Waals surface area contributed by atoms with Crippen LogP contribution in [0.3, 0.4) is 0 Å². The number of phenolic OH excluding ortho intramolecular Hbond substituents is 1. The van der Waals surface area contributed by atoms with Gasteiger partial charge in [0.2, 0.25) is 0 Å². The Labute approximate surface area is 172 Å². The van der Waals surface area contributed by atoms with Crippen LogP contribution in [0, 0.1) is 7.14 Å². The van der Waals surface area contributed by atoms with Gasteiger partial charge in [0.15, 0.2) is 18.1 Å². The van der Waals surface area contributed by atoms with Crippen molar-refractivity contribution in [3.05, 3.63) is 49.1 Å². The lowest BCUT2D eigenvalue weighted by molar-refractivity contribution is -0.123. The summed E-state index contributed by atoms with van der Waals surface area (Å²) in [5.41, 5.74) is 3.10. The minimum Gasteiger partial charge on any atom is -0.504 e. The standard InChI is InChI=1S/C17H16I2N2O4/c1-2-24-15-8-11(7-14(19)17(15)23)9-20-21-16(22)10-25-13-5-3-12(18)4-6-13/h3-9,23H,2,10H2,1H3,(H,21,22)/b20-9+. The third-order valence-electron chi connectivity index (χ3n) is 2.94. The van der Waals surface area contributed by atoms with E-state index in [-0.39, 0.29) is 18.3 Å². The summed E-state index contributed by atoms with van der Waals surface area (Å²) in [5, 5.41) is 13.8. The van der Waals surface area contributed by atoms with Gasteiger partial charge in [-0.25, -0.2) is 5.43 Å². The molecule has 2 aromatic rings. The third-order valence-corrected chi connectivity index (χ3v) is 4.48. The van der Waals surface area contributed by atoms with Crippen molar-refractivity contribution >= 4 is 57.3 Å². The molecule has 132 valence electrons. The van der Waals surface area contributed by atoms with Crippen LogP contribution >= 0.6 is 45.2 Å². The van der Waals surface area contributed by atoms with Gasteiger partial charge in [0.25, 0.3) is 5.91 Å². The maximum atomic E-state index is 11.7. The number of amides is 1. The van der Waals surface area contributed by atoms with Crippen molar-refractivity contribution in [3.8, 4) is 17.2 Å². The Morgan fingerprint density at radius 2 is 1.96 bits per heavy atom. The van der Waals surface area contributed by atoms with Crippen LogP contribution < -0.4 is 14.9 Å². The Hall–Kier alpha value is -1.56. The summed E-state index contributed by atoms with van der Waals surface area (Å²) < 4.78 is 12.5. The number of halogens is 2. The minimum absolute atomic E-state index is 0.0922. The molecule has 0 unspecified atom stereocenters. The highest BCUT2D eigenvalue weighted by Crippen LogP contribution is 2.32. The van der Waals surface area contributed by atoms with Crippen LogP contribution in [0.2, 0.25) is 0 Å². The number of phenols is 1. The summed E-state index contributed by atoms with van der Waals surface area (Å²) in [5.74, 6) is 0.723. The number of ether oxygens (including phenoxy) is 2. The average molecular weight is 566 g/mol. The number of hydrogen-bond acceptors (Lipinski definition) is 5. The first-order chi connectivity index (χ1) is 12.0.